The summed E-state index contributed by atoms with van der Waals surface area (Å²) in [5.41, 5.74) is 1.86. The number of carbonyl (C=O) groups excluding carboxylic acids is 1. The summed E-state index contributed by atoms with van der Waals surface area (Å²) in [6.45, 7) is 1.97. The SMILES string of the molecule is C[C@@H](c1ccccc1)N1C(=O)/C(=C/c2ccc(Cl)c(Cl)c2)SC1=S. The second kappa shape index (κ2) is 7.28. The molecular weight excluding hydrogens is 381 g/mol. The lowest BCUT2D eigenvalue weighted by molar-refractivity contribution is -0.123. The van der Waals surface area contributed by atoms with Crippen LogP contribution in [0.4, 0.5) is 0 Å². The van der Waals surface area contributed by atoms with E-state index in [-0.39, 0.29) is 11.9 Å². The van der Waals surface area contributed by atoms with Gasteiger partial charge in [-0.15, -0.1) is 0 Å². The molecule has 3 rings (SSSR count). The predicted octanol–water partition coefficient (Wildman–Crippen LogP) is 5.96. The number of rotatable bonds is 3. The van der Waals surface area contributed by atoms with E-state index in [4.69, 9.17) is 35.4 Å². The Hall–Kier alpha value is -1.33. The molecule has 0 unspecified atom stereocenters. The number of halogens is 2. The highest BCUT2D eigenvalue weighted by molar-refractivity contribution is 8.26. The minimum absolute atomic E-state index is 0.0903. The Kier molecular flexibility index (Phi) is 5.30. The second-order valence-electron chi connectivity index (χ2n) is 5.31. The van der Waals surface area contributed by atoms with Crippen LogP contribution in [0.25, 0.3) is 6.08 Å². The first-order valence-corrected chi connectivity index (χ1v) is 9.22. The van der Waals surface area contributed by atoms with Crippen molar-refractivity contribution in [3.05, 3.63) is 74.6 Å². The topological polar surface area (TPSA) is 20.3 Å². The minimum Gasteiger partial charge on any atom is -0.286 e. The van der Waals surface area contributed by atoms with Gasteiger partial charge in [0.15, 0.2) is 0 Å². The number of amides is 1. The number of thioether (sulfide) groups is 1. The first kappa shape index (κ1) is 17.5. The Bertz CT molecular complexity index is 836. The van der Waals surface area contributed by atoms with E-state index in [0.717, 1.165) is 11.1 Å². The standard InChI is InChI=1S/C18H13Cl2NOS2/c1-11(13-5-3-2-4-6-13)21-17(22)16(24-18(21)23)10-12-7-8-14(19)15(20)9-12/h2-11H,1H3/b16-10-/t11-/m0/s1. The fourth-order valence-corrected chi connectivity index (χ4v) is 4.17. The maximum Gasteiger partial charge on any atom is 0.266 e. The van der Waals surface area contributed by atoms with Gasteiger partial charge in [0.25, 0.3) is 5.91 Å². The first-order chi connectivity index (χ1) is 11.5. The molecule has 0 spiro atoms. The number of hydrogen-bond acceptors (Lipinski definition) is 3. The fraction of sp³-hybridized carbons (Fsp3) is 0.111. The highest BCUT2D eigenvalue weighted by Crippen LogP contribution is 2.38. The van der Waals surface area contributed by atoms with Gasteiger partial charge in [0.2, 0.25) is 0 Å². The molecule has 2 aromatic carbocycles. The Morgan fingerprint density at radius 1 is 1.12 bits per heavy atom. The summed E-state index contributed by atoms with van der Waals surface area (Å²) in [6.07, 6.45) is 1.79. The van der Waals surface area contributed by atoms with Crippen LogP contribution in [0.1, 0.15) is 24.1 Å². The zero-order chi connectivity index (χ0) is 17.3. The normalized spacial score (nSPS) is 17.6. The van der Waals surface area contributed by atoms with E-state index < -0.39 is 0 Å². The third-order valence-electron chi connectivity index (χ3n) is 3.73. The molecule has 0 bridgehead atoms. The molecule has 1 aliphatic rings. The number of thiocarbonyl (C=S) groups is 1. The average molecular weight is 394 g/mol. The molecule has 1 atom stereocenters. The van der Waals surface area contributed by atoms with E-state index in [0.29, 0.717) is 19.3 Å². The van der Waals surface area contributed by atoms with E-state index in [1.165, 1.54) is 11.8 Å². The highest BCUT2D eigenvalue weighted by Gasteiger charge is 2.35. The van der Waals surface area contributed by atoms with Crippen LogP contribution in [-0.2, 0) is 4.79 Å². The van der Waals surface area contributed by atoms with Gasteiger partial charge in [0.1, 0.15) is 4.32 Å². The minimum atomic E-state index is -0.113. The van der Waals surface area contributed by atoms with Crippen molar-refractivity contribution < 1.29 is 4.79 Å². The third kappa shape index (κ3) is 3.52. The Labute approximate surface area is 160 Å². The van der Waals surface area contributed by atoms with Crippen molar-refractivity contribution in [2.75, 3.05) is 0 Å². The van der Waals surface area contributed by atoms with Gasteiger partial charge in [0.05, 0.1) is 21.0 Å². The van der Waals surface area contributed by atoms with Gasteiger partial charge >= 0.3 is 0 Å². The van der Waals surface area contributed by atoms with Crippen molar-refractivity contribution in [1.82, 2.24) is 4.90 Å². The molecule has 2 aromatic rings. The Morgan fingerprint density at radius 3 is 2.50 bits per heavy atom. The summed E-state index contributed by atoms with van der Waals surface area (Å²) in [6, 6.07) is 15.0. The van der Waals surface area contributed by atoms with Crippen LogP contribution in [0.2, 0.25) is 10.0 Å². The number of carbonyl (C=O) groups is 1. The molecule has 1 amide bonds. The summed E-state index contributed by atoms with van der Waals surface area (Å²) in [4.78, 5) is 15.0. The maximum absolute atomic E-state index is 12.8. The maximum atomic E-state index is 12.8. The largest absolute Gasteiger partial charge is 0.286 e. The van der Waals surface area contributed by atoms with Crippen LogP contribution in [0.5, 0.6) is 0 Å². The van der Waals surface area contributed by atoms with Gasteiger partial charge in [-0.25, -0.2) is 0 Å². The Balaban J connectivity index is 1.88. The average Bonchev–Trinajstić information content (AvgIpc) is 2.85. The summed E-state index contributed by atoms with van der Waals surface area (Å²) in [5, 5.41) is 0.942. The van der Waals surface area contributed by atoms with Crippen LogP contribution in [0.3, 0.4) is 0 Å². The molecule has 1 saturated heterocycles. The lowest BCUT2D eigenvalue weighted by Crippen LogP contribution is -2.30. The van der Waals surface area contributed by atoms with E-state index in [9.17, 15) is 4.79 Å². The van der Waals surface area contributed by atoms with Crippen LogP contribution >= 0.6 is 47.2 Å². The van der Waals surface area contributed by atoms with Gasteiger partial charge in [-0.05, 0) is 36.3 Å². The fourth-order valence-electron chi connectivity index (χ4n) is 2.45. The number of benzene rings is 2. The van der Waals surface area contributed by atoms with Gasteiger partial charge in [-0.1, -0.05) is 83.6 Å². The predicted molar refractivity (Wildman–Crippen MR) is 106 cm³/mol. The lowest BCUT2D eigenvalue weighted by Gasteiger charge is -2.23. The first-order valence-electron chi connectivity index (χ1n) is 7.24. The monoisotopic (exact) mass is 393 g/mol. The summed E-state index contributed by atoms with van der Waals surface area (Å²) in [7, 11) is 0. The molecular formula is C18H13Cl2NOS2. The van der Waals surface area contributed by atoms with E-state index in [2.05, 4.69) is 0 Å². The third-order valence-corrected chi connectivity index (χ3v) is 5.80. The molecule has 2 nitrogen and oxygen atoms in total. The molecule has 1 fully saturated rings. The van der Waals surface area contributed by atoms with Crippen molar-refractivity contribution in [3.8, 4) is 0 Å². The van der Waals surface area contributed by atoms with Crippen molar-refractivity contribution >= 4 is 63.5 Å². The molecule has 0 aliphatic carbocycles. The quantitative estimate of drug-likeness (QED) is 0.474. The zero-order valence-corrected chi connectivity index (χ0v) is 15.8. The highest BCUT2D eigenvalue weighted by atomic mass is 35.5. The van der Waals surface area contributed by atoms with Crippen LogP contribution in [-0.4, -0.2) is 15.1 Å². The van der Waals surface area contributed by atoms with Crippen LogP contribution in [0.15, 0.2) is 53.4 Å². The van der Waals surface area contributed by atoms with Crippen molar-refractivity contribution in [2.45, 2.75) is 13.0 Å². The second-order valence-corrected chi connectivity index (χ2v) is 7.80. The van der Waals surface area contributed by atoms with Gasteiger partial charge in [-0.3, -0.25) is 9.69 Å². The molecule has 0 radical (unpaired) electrons. The van der Waals surface area contributed by atoms with Crippen molar-refractivity contribution in [3.63, 3.8) is 0 Å². The van der Waals surface area contributed by atoms with E-state index >= 15 is 0 Å². The lowest BCUT2D eigenvalue weighted by atomic mass is 10.1. The summed E-state index contributed by atoms with van der Waals surface area (Å²) in [5.74, 6) is -0.0903. The molecule has 0 aromatic heterocycles. The van der Waals surface area contributed by atoms with E-state index in [1.54, 1.807) is 23.1 Å². The Morgan fingerprint density at radius 2 is 1.83 bits per heavy atom. The molecule has 24 heavy (non-hydrogen) atoms. The molecule has 0 saturated carbocycles. The summed E-state index contributed by atoms with van der Waals surface area (Å²) >= 11 is 18.7. The van der Waals surface area contributed by atoms with Gasteiger partial charge < -0.3 is 0 Å². The van der Waals surface area contributed by atoms with Gasteiger partial charge in [-0.2, -0.15) is 0 Å². The number of nitrogens with zero attached hydrogens (tertiary/aromatic N) is 1. The molecule has 6 heteroatoms. The molecule has 122 valence electrons. The number of hydrogen-bond donors (Lipinski definition) is 0. The van der Waals surface area contributed by atoms with Crippen LogP contribution < -0.4 is 0 Å². The molecule has 0 N–H and O–H groups in total. The summed E-state index contributed by atoms with van der Waals surface area (Å²) < 4.78 is 0.558. The molecule has 1 aliphatic heterocycles. The van der Waals surface area contributed by atoms with Crippen molar-refractivity contribution in [2.24, 2.45) is 0 Å². The van der Waals surface area contributed by atoms with E-state index in [1.807, 2.05) is 43.3 Å². The smallest absolute Gasteiger partial charge is 0.266 e. The van der Waals surface area contributed by atoms with Crippen molar-refractivity contribution in [1.29, 1.82) is 0 Å². The van der Waals surface area contributed by atoms with Crippen LogP contribution in [0, 0.1) is 0 Å². The molecule has 1 heterocycles. The van der Waals surface area contributed by atoms with Gasteiger partial charge in [0, 0.05) is 0 Å². The zero-order valence-electron chi connectivity index (χ0n) is 12.7.